The minimum absolute atomic E-state index is 0.177. The highest BCUT2D eigenvalue weighted by Gasteiger charge is 2.20. The molecule has 2 N–H and O–H groups in total. The van der Waals surface area contributed by atoms with Gasteiger partial charge >= 0.3 is 0 Å². The Hall–Kier alpha value is -0.180. The number of rotatable bonds is 8. The lowest BCUT2D eigenvalue weighted by atomic mass is 10.0. The highest BCUT2D eigenvalue weighted by molar-refractivity contribution is 7.99. The summed E-state index contributed by atoms with van der Waals surface area (Å²) < 4.78 is 0. The van der Waals surface area contributed by atoms with Crippen molar-refractivity contribution in [3.63, 3.8) is 0 Å². The van der Waals surface area contributed by atoms with Crippen LogP contribution in [0.15, 0.2) is 24.3 Å². The van der Waals surface area contributed by atoms with Gasteiger partial charge in [0.15, 0.2) is 0 Å². The summed E-state index contributed by atoms with van der Waals surface area (Å²) in [7, 11) is 0. The molecule has 1 rings (SSSR count). The zero-order chi connectivity index (χ0) is 13.4. The van der Waals surface area contributed by atoms with Crippen LogP contribution in [-0.2, 0) is 0 Å². The zero-order valence-corrected chi connectivity index (χ0v) is 12.9. The largest absolute Gasteiger partial charge is 0.326 e. The van der Waals surface area contributed by atoms with Crippen molar-refractivity contribution in [1.82, 2.24) is 0 Å². The van der Waals surface area contributed by atoms with Gasteiger partial charge in [-0.05, 0) is 30.2 Å². The SMILES string of the molecule is CCCCCSC(c1ccccc1Cl)C(N)CC. The number of halogens is 1. The molecule has 0 heterocycles. The molecule has 0 aliphatic rings. The number of unbranched alkanes of at least 4 members (excludes halogenated alkanes) is 2. The average molecular weight is 286 g/mol. The maximum absolute atomic E-state index is 6.29. The number of benzene rings is 1. The van der Waals surface area contributed by atoms with Gasteiger partial charge in [-0.15, -0.1) is 0 Å². The topological polar surface area (TPSA) is 26.0 Å². The van der Waals surface area contributed by atoms with Crippen molar-refractivity contribution in [3.8, 4) is 0 Å². The predicted molar refractivity (Wildman–Crippen MR) is 84.4 cm³/mol. The van der Waals surface area contributed by atoms with Crippen molar-refractivity contribution >= 4 is 23.4 Å². The van der Waals surface area contributed by atoms with Crippen LogP contribution in [0.5, 0.6) is 0 Å². The Morgan fingerprint density at radius 2 is 1.94 bits per heavy atom. The first-order valence-electron chi connectivity index (χ1n) is 6.82. The number of hydrogen-bond acceptors (Lipinski definition) is 2. The van der Waals surface area contributed by atoms with Crippen molar-refractivity contribution < 1.29 is 0 Å². The molecule has 0 aliphatic carbocycles. The van der Waals surface area contributed by atoms with E-state index in [4.69, 9.17) is 17.3 Å². The summed E-state index contributed by atoms with van der Waals surface area (Å²) >= 11 is 8.24. The van der Waals surface area contributed by atoms with Gasteiger partial charge in [-0.25, -0.2) is 0 Å². The summed E-state index contributed by atoms with van der Waals surface area (Å²) in [6, 6.07) is 8.26. The molecule has 2 atom stereocenters. The van der Waals surface area contributed by atoms with Crippen molar-refractivity contribution in [2.75, 3.05) is 5.75 Å². The van der Waals surface area contributed by atoms with E-state index >= 15 is 0 Å². The molecule has 0 spiro atoms. The Bertz CT molecular complexity index is 343. The summed E-state index contributed by atoms with van der Waals surface area (Å²) in [6.45, 7) is 4.37. The highest BCUT2D eigenvalue weighted by atomic mass is 35.5. The molecule has 1 aromatic rings. The minimum atomic E-state index is 0.177. The van der Waals surface area contributed by atoms with E-state index in [-0.39, 0.29) is 6.04 Å². The maximum atomic E-state index is 6.29. The molecule has 0 bridgehead atoms. The molecule has 0 aliphatic heterocycles. The van der Waals surface area contributed by atoms with E-state index < -0.39 is 0 Å². The first kappa shape index (κ1) is 15.9. The fourth-order valence-electron chi connectivity index (χ4n) is 1.93. The second kappa shape index (κ2) is 8.84. The molecule has 0 aromatic heterocycles. The predicted octanol–water partition coefficient (Wildman–Crippen LogP) is 5.04. The quantitative estimate of drug-likeness (QED) is 0.677. The van der Waals surface area contributed by atoms with Gasteiger partial charge in [-0.1, -0.05) is 56.5 Å². The Morgan fingerprint density at radius 3 is 2.56 bits per heavy atom. The average Bonchev–Trinajstić information content (AvgIpc) is 2.39. The summed E-state index contributed by atoms with van der Waals surface area (Å²) in [6.07, 6.45) is 4.80. The lowest BCUT2D eigenvalue weighted by Crippen LogP contribution is -2.26. The maximum Gasteiger partial charge on any atom is 0.0462 e. The first-order chi connectivity index (χ1) is 8.70. The van der Waals surface area contributed by atoms with Crippen LogP contribution in [-0.4, -0.2) is 11.8 Å². The first-order valence-corrected chi connectivity index (χ1v) is 8.25. The summed E-state index contributed by atoms with van der Waals surface area (Å²) in [5, 5.41) is 1.16. The van der Waals surface area contributed by atoms with Crippen LogP contribution in [0.2, 0.25) is 5.02 Å². The molecule has 1 nitrogen and oxygen atoms in total. The smallest absolute Gasteiger partial charge is 0.0462 e. The minimum Gasteiger partial charge on any atom is -0.326 e. The number of hydrogen-bond donors (Lipinski definition) is 1. The van der Waals surface area contributed by atoms with E-state index in [1.54, 1.807) is 0 Å². The fraction of sp³-hybridized carbons (Fsp3) is 0.600. The van der Waals surface area contributed by atoms with Crippen LogP contribution in [0.4, 0.5) is 0 Å². The third-order valence-electron chi connectivity index (χ3n) is 3.12. The van der Waals surface area contributed by atoms with E-state index in [1.165, 1.54) is 24.8 Å². The van der Waals surface area contributed by atoms with Gasteiger partial charge in [0.2, 0.25) is 0 Å². The van der Waals surface area contributed by atoms with Gasteiger partial charge in [-0.2, -0.15) is 11.8 Å². The zero-order valence-electron chi connectivity index (χ0n) is 11.4. The van der Waals surface area contributed by atoms with E-state index in [1.807, 2.05) is 30.0 Å². The van der Waals surface area contributed by atoms with Gasteiger partial charge < -0.3 is 5.73 Å². The molecule has 0 amide bonds. The molecule has 0 radical (unpaired) electrons. The highest BCUT2D eigenvalue weighted by Crippen LogP contribution is 2.36. The van der Waals surface area contributed by atoms with Crippen LogP contribution in [0.3, 0.4) is 0 Å². The summed E-state index contributed by atoms with van der Waals surface area (Å²) in [5.74, 6) is 1.16. The number of nitrogens with two attached hydrogens (primary N) is 1. The normalized spacial score (nSPS) is 14.4. The molecule has 2 unspecified atom stereocenters. The summed E-state index contributed by atoms with van der Waals surface area (Å²) in [5.41, 5.74) is 7.44. The van der Waals surface area contributed by atoms with Crippen LogP contribution in [0, 0.1) is 0 Å². The monoisotopic (exact) mass is 285 g/mol. The Balaban J connectivity index is 2.69. The van der Waals surface area contributed by atoms with Crippen LogP contribution < -0.4 is 5.73 Å². The molecular formula is C15H24ClNS. The molecule has 3 heteroatoms. The molecule has 0 saturated carbocycles. The lowest BCUT2D eigenvalue weighted by Gasteiger charge is -2.24. The van der Waals surface area contributed by atoms with Gasteiger partial charge in [0.05, 0.1) is 0 Å². The molecule has 0 saturated heterocycles. The molecule has 0 fully saturated rings. The van der Waals surface area contributed by atoms with Crippen molar-refractivity contribution in [1.29, 1.82) is 0 Å². The molecular weight excluding hydrogens is 262 g/mol. The second-order valence-corrected chi connectivity index (χ2v) is 6.25. The van der Waals surface area contributed by atoms with Gasteiger partial charge in [-0.3, -0.25) is 0 Å². The lowest BCUT2D eigenvalue weighted by molar-refractivity contribution is 0.633. The Kier molecular flexibility index (Phi) is 7.80. The fourth-order valence-corrected chi connectivity index (χ4v) is 3.69. The third-order valence-corrected chi connectivity index (χ3v) is 4.95. The standard InChI is InChI=1S/C15H24ClNS/c1-3-5-8-11-18-15(14(17)4-2)12-9-6-7-10-13(12)16/h6-7,9-10,14-15H,3-5,8,11,17H2,1-2H3. The Morgan fingerprint density at radius 1 is 1.22 bits per heavy atom. The van der Waals surface area contributed by atoms with Crippen LogP contribution >= 0.6 is 23.4 Å². The van der Waals surface area contributed by atoms with E-state index in [0.29, 0.717) is 5.25 Å². The molecule has 1 aromatic carbocycles. The van der Waals surface area contributed by atoms with E-state index in [2.05, 4.69) is 19.9 Å². The van der Waals surface area contributed by atoms with Crippen LogP contribution in [0.1, 0.15) is 50.3 Å². The molecule has 18 heavy (non-hydrogen) atoms. The third kappa shape index (κ3) is 4.83. The van der Waals surface area contributed by atoms with E-state index in [0.717, 1.165) is 17.2 Å². The van der Waals surface area contributed by atoms with Gasteiger partial charge in [0.25, 0.3) is 0 Å². The van der Waals surface area contributed by atoms with Crippen molar-refractivity contribution in [2.24, 2.45) is 5.73 Å². The van der Waals surface area contributed by atoms with Crippen molar-refractivity contribution in [3.05, 3.63) is 34.9 Å². The summed E-state index contributed by atoms with van der Waals surface area (Å²) in [4.78, 5) is 0. The van der Waals surface area contributed by atoms with Gasteiger partial charge in [0.1, 0.15) is 0 Å². The number of thioether (sulfide) groups is 1. The Labute approximate surface area is 120 Å². The second-order valence-electron chi connectivity index (χ2n) is 4.59. The van der Waals surface area contributed by atoms with E-state index in [9.17, 15) is 0 Å². The van der Waals surface area contributed by atoms with Gasteiger partial charge in [0, 0.05) is 16.3 Å². The molecule has 102 valence electrons. The van der Waals surface area contributed by atoms with Crippen molar-refractivity contribution in [2.45, 2.75) is 50.8 Å². The van der Waals surface area contributed by atoms with Crippen LogP contribution in [0.25, 0.3) is 0 Å².